The number of thioether (sulfide) groups is 1. The lowest BCUT2D eigenvalue weighted by molar-refractivity contribution is -0.113. The van der Waals surface area contributed by atoms with Gasteiger partial charge in [0.2, 0.25) is 5.91 Å². The number of anilines is 1. The molecule has 0 aliphatic rings. The molecular weight excluding hydrogens is 434 g/mol. The van der Waals surface area contributed by atoms with Crippen molar-refractivity contribution in [1.29, 1.82) is 0 Å². The Balaban J connectivity index is 1.71. The lowest BCUT2D eigenvalue weighted by Crippen LogP contribution is -2.33. The number of nitrogens with zero attached hydrogens (tertiary/aromatic N) is 3. The number of hydrogen-bond donors (Lipinski definition) is 2. The minimum atomic E-state index is -0.303. The fraction of sp³-hybridized carbons (Fsp3) is 0.360. The highest BCUT2D eigenvalue weighted by Crippen LogP contribution is 2.26. The lowest BCUT2D eigenvalue weighted by Gasteiger charge is -2.22. The van der Waals surface area contributed by atoms with Gasteiger partial charge < -0.3 is 15.2 Å². The molecule has 2 N–H and O–H groups in total. The normalized spacial score (nSPS) is 11.9. The fourth-order valence-corrected chi connectivity index (χ4v) is 4.29. The molecule has 174 valence electrons. The average molecular weight is 466 g/mol. The Kier molecular flexibility index (Phi) is 8.27. The third-order valence-corrected chi connectivity index (χ3v) is 6.51. The van der Waals surface area contributed by atoms with Crippen LogP contribution < -0.4 is 10.6 Å². The fourth-order valence-electron chi connectivity index (χ4n) is 3.48. The van der Waals surface area contributed by atoms with Crippen molar-refractivity contribution >= 4 is 29.3 Å². The molecule has 0 spiro atoms. The highest BCUT2D eigenvalue weighted by molar-refractivity contribution is 7.99. The summed E-state index contributed by atoms with van der Waals surface area (Å²) in [6, 6.07) is 14.7. The zero-order valence-corrected chi connectivity index (χ0v) is 20.6. The molecule has 33 heavy (non-hydrogen) atoms. The Morgan fingerprint density at radius 3 is 2.42 bits per heavy atom. The van der Waals surface area contributed by atoms with Gasteiger partial charge in [-0.05, 0) is 56.0 Å². The number of hydrogen-bond acceptors (Lipinski definition) is 5. The molecule has 2 amide bonds. The van der Waals surface area contributed by atoms with Crippen LogP contribution in [0.4, 0.5) is 5.69 Å². The van der Waals surface area contributed by atoms with Crippen molar-refractivity contribution in [2.45, 2.75) is 52.4 Å². The van der Waals surface area contributed by atoms with Crippen LogP contribution in [0, 0.1) is 19.8 Å². The van der Waals surface area contributed by atoms with Crippen LogP contribution in [0.1, 0.15) is 54.1 Å². The first kappa shape index (κ1) is 24.5. The number of aryl methyl sites for hydroxylation is 1. The summed E-state index contributed by atoms with van der Waals surface area (Å²) in [6.07, 6.45) is 0. The van der Waals surface area contributed by atoms with E-state index in [4.69, 9.17) is 0 Å². The first-order valence-corrected chi connectivity index (χ1v) is 12.1. The van der Waals surface area contributed by atoms with Gasteiger partial charge in [-0.3, -0.25) is 9.59 Å². The van der Waals surface area contributed by atoms with E-state index in [1.54, 1.807) is 12.1 Å². The minimum absolute atomic E-state index is 0.0984. The molecular formula is C25H31N5O2S. The van der Waals surface area contributed by atoms with Crippen molar-refractivity contribution < 1.29 is 9.59 Å². The van der Waals surface area contributed by atoms with Gasteiger partial charge in [0.25, 0.3) is 5.91 Å². The maximum atomic E-state index is 12.8. The van der Waals surface area contributed by atoms with Gasteiger partial charge in [-0.2, -0.15) is 0 Å². The second-order valence-electron chi connectivity index (χ2n) is 8.23. The molecule has 1 heterocycles. The Morgan fingerprint density at radius 1 is 1.03 bits per heavy atom. The van der Waals surface area contributed by atoms with Gasteiger partial charge in [0.15, 0.2) is 11.0 Å². The van der Waals surface area contributed by atoms with Gasteiger partial charge in [0.05, 0.1) is 11.8 Å². The SMILES string of the molecule is CCn1c(SCC(=O)Nc2cccc(C)c2C)nnc1[C@@H](NC(=O)c1ccccc1)C(C)C. The van der Waals surface area contributed by atoms with Crippen LogP contribution in [0.5, 0.6) is 0 Å². The molecule has 0 bridgehead atoms. The number of aromatic nitrogens is 3. The second-order valence-corrected chi connectivity index (χ2v) is 9.17. The van der Waals surface area contributed by atoms with E-state index in [1.807, 2.05) is 75.6 Å². The van der Waals surface area contributed by atoms with Crippen molar-refractivity contribution in [1.82, 2.24) is 20.1 Å². The summed E-state index contributed by atoms with van der Waals surface area (Å²) in [5.41, 5.74) is 3.61. The number of carbonyl (C=O) groups is 2. The first-order valence-electron chi connectivity index (χ1n) is 11.1. The number of carbonyl (C=O) groups excluding carboxylic acids is 2. The predicted octanol–water partition coefficient (Wildman–Crippen LogP) is 4.77. The average Bonchev–Trinajstić information content (AvgIpc) is 3.21. The van der Waals surface area contributed by atoms with Crippen molar-refractivity contribution in [2.24, 2.45) is 5.92 Å². The molecule has 0 fully saturated rings. The van der Waals surface area contributed by atoms with Gasteiger partial charge in [-0.1, -0.05) is 55.9 Å². The van der Waals surface area contributed by atoms with Gasteiger partial charge in [-0.15, -0.1) is 10.2 Å². The molecule has 0 radical (unpaired) electrons. The van der Waals surface area contributed by atoms with Crippen LogP contribution in [0.2, 0.25) is 0 Å². The highest BCUT2D eigenvalue weighted by Gasteiger charge is 2.26. The number of amides is 2. The first-order chi connectivity index (χ1) is 15.8. The molecule has 0 saturated heterocycles. The van der Waals surface area contributed by atoms with Crippen molar-refractivity contribution in [3.8, 4) is 0 Å². The third kappa shape index (κ3) is 6.01. The number of benzene rings is 2. The molecule has 1 atom stereocenters. The molecule has 2 aromatic carbocycles. The quantitative estimate of drug-likeness (QED) is 0.444. The van der Waals surface area contributed by atoms with E-state index in [1.165, 1.54) is 11.8 Å². The summed E-state index contributed by atoms with van der Waals surface area (Å²) < 4.78 is 1.96. The third-order valence-electron chi connectivity index (χ3n) is 5.54. The van der Waals surface area contributed by atoms with Crippen molar-refractivity contribution in [3.05, 3.63) is 71.0 Å². The lowest BCUT2D eigenvalue weighted by atomic mass is 10.0. The van der Waals surface area contributed by atoms with Gasteiger partial charge in [-0.25, -0.2) is 0 Å². The molecule has 3 rings (SSSR count). The maximum Gasteiger partial charge on any atom is 0.251 e. The predicted molar refractivity (Wildman–Crippen MR) is 132 cm³/mol. The molecule has 0 aliphatic heterocycles. The van der Waals surface area contributed by atoms with Gasteiger partial charge in [0, 0.05) is 17.8 Å². The summed E-state index contributed by atoms with van der Waals surface area (Å²) in [5.74, 6) is 0.765. The molecule has 7 nitrogen and oxygen atoms in total. The monoisotopic (exact) mass is 465 g/mol. The van der Waals surface area contributed by atoms with Gasteiger partial charge in [0.1, 0.15) is 0 Å². The van der Waals surface area contributed by atoms with Crippen LogP contribution in [0.3, 0.4) is 0 Å². The zero-order chi connectivity index (χ0) is 24.0. The Morgan fingerprint density at radius 2 is 1.76 bits per heavy atom. The van der Waals surface area contributed by atoms with E-state index >= 15 is 0 Å². The van der Waals surface area contributed by atoms with E-state index in [0.29, 0.717) is 23.1 Å². The molecule has 8 heteroatoms. The van der Waals surface area contributed by atoms with E-state index in [9.17, 15) is 9.59 Å². The van der Waals surface area contributed by atoms with E-state index in [-0.39, 0.29) is 29.5 Å². The standard InChI is InChI=1S/C25H31N5O2S/c1-6-30-23(22(16(2)3)27-24(32)19-12-8-7-9-13-19)28-29-25(30)33-15-21(31)26-20-14-10-11-17(4)18(20)5/h7-14,16,22H,6,15H2,1-5H3,(H,26,31)(H,27,32)/t22-/m0/s1. The van der Waals surface area contributed by atoms with Crippen LogP contribution >= 0.6 is 11.8 Å². The summed E-state index contributed by atoms with van der Waals surface area (Å²) in [6.45, 7) is 10.7. The molecule has 0 aliphatic carbocycles. The smallest absolute Gasteiger partial charge is 0.251 e. The topological polar surface area (TPSA) is 88.9 Å². The van der Waals surface area contributed by atoms with Crippen LogP contribution in [0.25, 0.3) is 0 Å². The number of nitrogens with one attached hydrogen (secondary N) is 2. The molecule has 0 saturated carbocycles. The van der Waals surface area contributed by atoms with E-state index < -0.39 is 0 Å². The summed E-state index contributed by atoms with van der Waals surface area (Å²) in [4.78, 5) is 25.3. The Labute approximate surface area is 199 Å². The highest BCUT2D eigenvalue weighted by atomic mass is 32.2. The zero-order valence-electron chi connectivity index (χ0n) is 19.8. The minimum Gasteiger partial charge on any atom is -0.342 e. The largest absolute Gasteiger partial charge is 0.342 e. The summed E-state index contributed by atoms with van der Waals surface area (Å²) in [5, 5.41) is 15.4. The van der Waals surface area contributed by atoms with Gasteiger partial charge >= 0.3 is 0 Å². The van der Waals surface area contributed by atoms with Crippen LogP contribution in [-0.2, 0) is 11.3 Å². The Hall–Kier alpha value is -3.13. The maximum absolute atomic E-state index is 12.8. The van der Waals surface area contributed by atoms with Crippen LogP contribution in [-0.4, -0.2) is 32.3 Å². The van der Waals surface area contributed by atoms with Crippen molar-refractivity contribution in [2.75, 3.05) is 11.1 Å². The number of rotatable bonds is 9. The summed E-state index contributed by atoms with van der Waals surface area (Å²) >= 11 is 1.34. The second kappa shape index (κ2) is 11.1. The van der Waals surface area contributed by atoms with Crippen molar-refractivity contribution in [3.63, 3.8) is 0 Å². The molecule has 3 aromatic rings. The molecule has 1 aromatic heterocycles. The summed E-state index contributed by atoms with van der Waals surface area (Å²) in [7, 11) is 0. The van der Waals surface area contributed by atoms with Crippen LogP contribution in [0.15, 0.2) is 53.7 Å². The van der Waals surface area contributed by atoms with E-state index in [0.717, 1.165) is 16.8 Å². The Bertz CT molecular complexity index is 1110. The molecule has 0 unspecified atom stereocenters. The van der Waals surface area contributed by atoms with E-state index in [2.05, 4.69) is 20.8 Å².